The minimum Gasteiger partial charge on any atom is -0.462 e. The van der Waals surface area contributed by atoms with E-state index >= 15 is 0 Å². The first-order valence-corrected chi connectivity index (χ1v) is 10.2. The van der Waals surface area contributed by atoms with E-state index in [1.807, 2.05) is 0 Å². The molecule has 0 heterocycles. The molecule has 0 spiro atoms. The predicted octanol–water partition coefficient (Wildman–Crippen LogP) is 5.23. The number of hydrogen-bond donors (Lipinski definition) is 1. The van der Waals surface area contributed by atoms with Crippen LogP contribution in [0.2, 0.25) is 10.0 Å². The first-order valence-electron chi connectivity index (χ1n) is 9.07. The van der Waals surface area contributed by atoms with Gasteiger partial charge in [0.2, 0.25) is 5.91 Å². The molecule has 1 amide bonds. The predicted molar refractivity (Wildman–Crippen MR) is 121 cm³/mol. The van der Waals surface area contributed by atoms with Crippen LogP contribution in [0, 0.1) is 5.92 Å². The van der Waals surface area contributed by atoms with Crippen molar-refractivity contribution in [2.24, 2.45) is 5.92 Å². The highest BCUT2D eigenvalue weighted by molar-refractivity contribution is 7.80. The van der Waals surface area contributed by atoms with Crippen LogP contribution in [-0.2, 0) is 16.1 Å². The lowest BCUT2D eigenvalue weighted by Crippen LogP contribution is -2.44. The van der Waals surface area contributed by atoms with Gasteiger partial charge in [0.1, 0.15) is 0 Å². The Morgan fingerprint density at radius 2 is 1.69 bits per heavy atom. The molecule has 29 heavy (non-hydrogen) atoms. The maximum absolute atomic E-state index is 12.2. The van der Waals surface area contributed by atoms with Crippen molar-refractivity contribution in [3.63, 3.8) is 0 Å². The van der Waals surface area contributed by atoms with Gasteiger partial charge in [-0.2, -0.15) is 0 Å². The molecule has 0 atom stereocenters. The fraction of sp³-hybridized carbons (Fsp3) is 0.286. The van der Waals surface area contributed by atoms with E-state index < -0.39 is 5.97 Å². The van der Waals surface area contributed by atoms with E-state index in [1.165, 1.54) is 0 Å². The Morgan fingerprint density at radius 3 is 2.21 bits per heavy atom. The van der Waals surface area contributed by atoms with Crippen molar-refractivity contribution in [2.75, 3.05) is 11.5 Å². The molecular formula is C21H22Cl2N2O3S. The highest BCUT2D eigenvalue weighted by atomic mass is 35.5. The molecule has 0 radical (unpaired) electrons. The van der Waals surface area contributed by atoms with Gasteiger partial charge in [-0.15, -0.1) is 0 Å². The summed E-state index contributed by atoms with van der Waals surface area (Å²) in [5.74, 6) is -0.839. The van der Waals surface area contributed by atoms with Crippen molar-refractivity contribution in [3.8, 4) is 0 Å². The molecule has 2 aromatic rings. The zero-order valence-electron chi connectivity index (χ0n) is 16.4. The summed E-state index contributed by atoms with van der Waals surface area (Å²) in [5, 5.41) is 3.93. The summed E-state index contributed by atoms with van der Waals surface area (Å²) in [6.45, 7) is 5.84. The fourth-order valence-corrected chi connectivity index (χ4v) is 3.22. The van der Waals surface area contributed by atoms with Gasteiger partial charge < -0.3 is 15.0 Å². The number of amides is 1. The Morgan fingerprint density at radius 1 is 1.10 bits per heavy atom. The van der Waals surface area contributed by atoms with E-state index in [9.17, 15) is 9.59 Å². The lowest BCUT2D eigenvalue weighted by atomic mass is 10.1. The average molecular weight is 453 g/mol. The third kappa shape index (κ3) is 6.16. The molecule has 0 aliphatic rings. The standard InChI is InChI=1S/C21H22Cl2N2O3S/c1-4-28-20(27)14-8-10-15(11-9-14)25(21(29)24-19(26)13(2)3)12-16-17(22)6-5-7-18(16)23/h5-11,13H,4,12H2,1-3H3,(H,24,26,29). The minimum atomic E-state index is -0.407. The summed E-state index contributed by atoms with van der Waals surface area (Å²) in [6.07, 6.45) is 0. The molecule has 0 saturated carbocycles. The number of halogens is 2. The molecule has 1 N–H and O–H groups in total. The molecule has 8 heteroatoms. The minimum absolute atomic E-state index is 0.201. The van der Waals surface area contributed by atoms with E-state index in [0.717, 1.165) is 0 Å². The Hall–Kier alpha value is -2.15. The second-order valence-corrected chi connectivity index (χ2v) is 7.70. The van der Waals surface area contributed by atoms with Crippen molar-refractivity contribution in [3.05, 3.63) is 63.6 Å². The van der Waals surface area contributed by atoms with Crippen LogP contribution in [-0.4, -0.2) is 23.6 Å². The van der Waals surface area contributed by atoms with E-state index in [-0.39, 0.29) is 23.5 Å². The number of thiocarbonyl (C=S) groups is 1. The van der Waals surface area contributed by atoms with Crippen molar-refractivity contribution in [1.82, 2.24) is 5.32 Å². The van der Waals surface area contributed by atoms with Crippen LogP contribution in [0.5, 0.6) is 0 Å². The van der Waals surface area contributed by atoms with Gasteiger partial charge in [-0.05, 0) is 55.5 Å². The Balaban J connectivity index is 2.37. The lowest BCUT2D eigenvalue weighted by Gasteiger charge is -2.27. The highest BCUT2D eigenvalue weighted by Crippen LogP contribution is 2.28. The van der Waals surface area contributed by atoms with E-state index in [4.69, 9.17) is 40.2 Å². The number of carbonyl (C=O) groups excluding carboxylic acids is 2. The van der Waals surface area contributed by atoms with Crippen LogP contribution in [0.15, 0.2) is 42.5 Å². The average Bonchev–Trinajstić information content (AvgIpc) is 2.68. The van der Waals surface area contributed by atoms with Gasteiger partial charge in [0.25, 0.3) is 0 Å². The van der Waals surface area contributed by atoms with E-state index in [1.54, 1.807) is 68.1 Å². The third-order valence-electron chi connectivity index (χ3n) is 4.07. The number of ether oxygens (including phenoxy) is 1. The quantitative estimate of drug-likeness (QED) is 0.479. The first kappa shape index (κ1) is 23.1. The van der Waals surface area contributed by atoms with Gasteiger partial charge in [0.05, 0.1) is 18.7 Å². The van der Waals surface area contributed by atoms with Crippen LogP contribution >= 0.6 is 35.4 Å². The zero-order valence-corrected chi connectivity index (χ0v) is 18.7. The van der Waals surface area contributed by atoms with Crippen LogP contribution in [0.4, 0.5) is 5.69 Å². The topological polar surface area (TPSA) is 58.6 Å². The molecule has 0 bridgehead atoms. The van der Waals surface area contributed by atoms with Gasteiger partial charge in [0.15, 0.2) is 5.11 Å². The number of nitrogens with one attached hydrogen (secondary N) is 1. The maximum Gasteiger partial charge on any atom is 0.338 e. The summed E-state index contributed by atoms with van der Waals surface area (Å²) in [5.41, 5.74) is 1.76. The third-order valence-corrected chi connectivity index (χ3v) is 5.10. The van der Waals surface area contributed by atoms with Gasteiger partial charge in [-0.25, -0.2) is 4.79 Å². The number of esters is 1. The van der Waals surface area contributed by atoms with Crippen molar-refractivity contribution >= 4 is 58.1 Å². The Kier molecular flexibility index (Phi) is 8.44. The molecule has 2 aromatic carbocycles. The number of carbonyl (C=O) groups is 2. The smallest absolute Gasteiger partial charge is 0.338 e. The largest absolute Gasteiger partial charge is 0.462 e. The maximum atomic E-state index is 12.2. The van der Waals surface area contributed by atoms with Crippen LogP contribution in [0.3, 0.4) is 0 Å². The summed E-state index contributed by atoms with van der Waals surface area (Å²) in [6, 6.07) is 12.0. The lowest BCUT2D eigenvalue weighted by molar-refractivity contribution is -0.122. The molecule has 0 fully saturated rings. The molecule has 5 nitrogen and oxygen atoms in total. The highest BCUT2D eigenvalue weighted by Gasteiger charge is 2.20. The monoisotopic (exact) mass is 452 g/mol. The first-order chi connectivity index (χ1) is 13.7. The van der Waals surface area contributed by atoms with Gasteiger partial charge >= 0.3 is 5.97 Å². The summed E-state index contributed by atoms with van der Waals surface area (Å²) in [4.78, 5) is 25.8. The van der Waals surface area contributed by atoms with Crippen molar-refractivity contribution in [2.45, 2.75) is 27.3 Å². The summed E-state index contributed by atoms with van der Waals surface area (Å²) in [7, 11) is 0. The fourth-order valence-electron chi connectivity index (χ4n) is 2.43. The number of anilines is 1. The molecule has 154 valence electrons. The van der Waals surface area contributed by atoms with E-state index in [2.05, 4.69) is 5.32 Å². The number of benzene rings is 2. The van der Waals surface area contributed by atoms with Crippen LogP contribution in [0.25, 0.3) is 0 Å². The second-order valence-electron chi connectivity index (χ2n) is 6.50. The van der Waals surface area contributed by atoms with Crippen molar-refractivity contribution < 1.29 is 14.3 Å². The van der Waals surface area contributed by atoms with E-state index in [0.29, 0.717) is 33.5 Å². The molecule has 0 unspecified atom stereocenters. The Bertz CT molecular complexity index is 881. The van der Waals surface area contributed by atoms with Crippen LogP contribution in [0.1, 0.15) is 36.7 Å². The Labute approximate surface area is 185 Å². The summed E-state index contributed by atoms with van der Waals surface area (Å²) < 4.78 is 5.01. The number of rotatable bonds is 6. The molecular weight excluding hydrogens is 431 g/mol. The summed E-state index contributed by atoms with van der Waals surface area (Å²) >= 11 is 18.1. The SMILES string of the molecule is CCOC(=O)c1ccc(N(Cc2c(Cl)cccc2Cl)C(=S)NC(=O)C(C)C)cc1. The van der Waals surface area contributed by atoms with Gasteiger partial charge in [-0.1, -0.05) is 43.1 Å². The normalized spacial score (nSPS) is 10.6. The van der Waals surface area contributed by atoms with Gasteiger partial charge in [-0.3, -0.25) is 4.79 Å². The molecule has 0 aliphatic carbocycles. The number of hydrogen-bond acceptors (Lipinski definition) is 4. The number of nitrogens with zero attached hydrogens (tertiary/aromatic N) is 1. The molecule has 0 aliphatic heterocycles. The molecule has 2 rings (SSSR count). The van der Waals surface area contributed by atoms with Gasteiger partial charge in [0, 0.05) is 27.2 Å². The van der Waals surface area contributed by atoms with Crippen LogP contribution < -0.4 is 10.2 Å². The zero-order chi connectivity index (χ0) is 21.6. The van der Waals surface area contributed by atoms with Crippen molar-refractivity contribution in [1.29, 1.82) is 0 Å². The molecule has 0 aromatic heterocycles. The second kappa shape index (κ2) is 10.6. The molecule has 0 saturated heterocycles.